The molecule has 0 aliphatic carbocycles. The van der Waals surface area contributed by atoms with Crippen molar-refractivity contribution in [1.29, 1.82) is 0 Å². The molecule has 196 valence electrons. The molecule has 37 heavy (non-hydrogen) atoms. The molecule has 1 aliphatic rings. The molecule has 1 N–H and O–H groups in total. The second kappa shape index (κ2) is 10.9. The maximum Gasteiger partial charge on any atom is 0.265 e. The van der Waals surface area contributed by atoms with Crippen LogP contribution >= 0.6 is 0 Å². The van der Waals surface area contributed by atoms with Gasteiger partial charge in [0, 0.05) is 31.4 Å². The minimum Gasteiger partial charge on any atom is -0.354 e. The van der Waals surface area contributed by atoms with Gasteiger partial charge in [0.2, 0.25) is 11.8 Å². The summed E-state index contributed by atoms with van der Waals surface area (Å²) in [6, 6.07) is 18.0. The lowest BCUT2D eigenvalue weighted by molar-refractivity contribution is -0.140. The number of amides is 2. The zero-order valence-electron chi connectivity index (χ0n) is 21.9. The van der Waals surface area contributed by atoms with E-state index in [9.17, 15) is 18.0 Å². The number of sulfonamides is 1. The summed E-state index contributed by atoms with van der Waals surface area (Å²) in [4.78, 5) is 28.3. The fourth-order valence-electron chi connectivity index (χ4n) is 4.72. The summed E-state index contributed by atoms with van der Waals surface area (Å²) in [5, 5.41) is 4.54. The van der Waals surface area contributed by atoms with Gasteiger partial charge in [0.05, 0.1) is 10.6 Å². The van der Waals surface area contributed by atoms with Crippen molar-refractivity contribution in [3.8, 4) is 0 Å². The van der Waals surface area contributed by atoms with Gasteiger partial charge < -0.3 is 10.2 Å². The largest absolute Gasteiger partial charge is 0.354 e. The topological polar surface area (TPSA) is 86.8 Å². The fraction of sp³-hybridized carbons (Fsp3) is 0.379. The van der Waals surface area contributed by atoms with Gasteiger partial charge in [0.1, 0.15) is 6.04 Å². The van der Waals surface area contributed by atoms with Crippen LogP contribution in [0.25, 0.3) is 10.8 Å². The van der Waals surface area contributed by atoms with E-state index in [-0.39, 0.29) is 24.8 Å². The first-order valence-electron chi connectivity index (χ1n) is 12.8. The molecule has 3 aromatic rings. The van der Waals surface area contributed by atoms with Crippen LogP contribution in [0.5, 0.6) is 0 Å². The molecule has 0 spiro atoms. The van der Waals surface area contributed by atoms with E-state index in [1.54, 1.807) is 24.0 Å². The number of carbonyl (C=O) groups excluding carboxylic acids is 2. The molecule has 0 radical (unpaired) electrons. The second-order valence-electron chi connectivity index (χ2n) is 10.1. The van der Waals surface area contributed by atoms with Crippen molar-refractivity contribution in [3.63, 3.8) is 0 Å². The van der Waals surface area contributed by atoms with Gasteiger partial charge in [-0.2, -0.15) is 0 Å². The summed E-state index contributed by atoms with van der Waals surface area (Å²) in [7, 11) is -3.67. The first-order valence-corrected chi connectivity index (χ1v) is 14.2. The predicted octanol–water partition coefficient (Wildman–Crippen LogP) is 4.63. The molecule has 7 nitrogen and oxygen atoms in total. The Morgan fingerprint density at radius 3 is 2.38 bits per heavy atom. The van der Waals surface area contributed by atoms with Crippen molar-refractivity contribution in [2.45, 2.75) is 58.0 Å². The highest BCUT2D eigenvalue weighted by atomic mass is 32.2. The monoisotopic (exact) mass is 521 g/mol. The van der Waals surface area contributed by atoms with Crippen LogP contribution in [0.3, 0.4) is 0 Å². The van der Waals surface area contributed by atoms with Crippen molar-refractivity contribution >= 4 is 38.3 Å². The van der Waals surface area contributed by atoms with Gasteiger partial charge >= 0.3 is 0 Å². The Morgan fingerprint density at radius 1 is 0.973 bits per heavy atom. The van der Waals surface area contributed by atoms with Crippen LogP contribution in [0.15, 0.2) is 65.6 Å². The SMILES string of the molecule is Cc1ccccc1CN(C(=O)CCCN1c2cccc3cccc(c23)S1(=O)=O)C(C)C(=O)NCC(C)C. The first-order chi connectivity index (χ1) is 17.6. The minimum absolute atomic E-state index is 0.131. The molecule has 0 saturated carbocycles. The Hall–Kier alpha value is -3.39. The highest BCUT2D eigenvalue weighted by molar-refractivity contribution is 7.93. The van der Waals surface area contributed by atoms with Crippen LogP contribution < -0.4 is 9.62 Å². The first kappa shape index (κ1) is 26.7. The van der Waals surface area contributed by atoms with Gasteiger partial charge in [-0.15, -0.1) is 0 Å². The minimum atomic E-state index is -3.67. The number of hydrogen-bond donors (Lipinski definition) is 1. The Labute approximate surface area is 219 Å². The van der Waals surface area contributed by atoms with Crippen LogP contribution in [-0.4, -0.2) is 44.3 Å². The van der Waals surface area contributed by atoms with Gasteiger partial charge in [-0.05, 0) is 54.8 Å². The average Bonchev–Trinajstić information content (AvgIpc) is 3.09. The lowest BCUT2D eigenvalue weighted by Gasteiger charge is -2.30. The predicted molar refractivity (Wildman–Crippen MR) is 147 cm³/mol. The van der Waals surface area contributed by atoms with Crippen LogP contribution in [-0.2, 0) is 26.2 Å². The van der Waals surface area contributed by atoms with E-state index in [2.05, 4.69) is 5.32 Å². The van der Waals surface area contributed by atoms with Crippen molar-refractivity contribution in [3.05, 3.63) is 71.8 Å². The maximum absolute atomic E-state index is 13.5. The standard InChI is InChI=1S/C29H35N3O4S/c1-20(2)18-30-29(34)22(4)31(19-24-11-6-5-10-21(24)3)27(33)16-9-17-32-25-14-7-12-23-13-8-15-26(28(23)25)37(32,35)36/h5-8,10-15,20,22H,9,16-19H2,1-4H3,(H,30,34). The molecule has 0 fully saturated rings. The molecule has 0 aromatic heterocycles. The van der Waals surface area contributed by atoms with Crippen LogP contribution in [0, 0.1) is 12.8 Å². The lowest BCUT2D eigenvalue weighted by Crippen LogP contribution is -2.48. The van der Waals surface area contributed by atoms with Crippen molar-refractivity contribution in [2.24, 2.45) is 5.92 Å². The summed E-state index contributed by atoms with van der Waals surface area (Å²) in [5.74, 6) is -0.0738. The maximum atomic E-state index is 13.5. The van der Waals surface area contributed by atoms with Gasteiger partial charge in [-0.3, -0.25) is 13.9 Å². The highest BCUT2D eigenvalue weighted by Crippen LogP contribution is 2.42. The molecule has 0 saturated heterocycles. The number of carbonyl (C=O) groups is 2. The smallest absolute Gasteiger partial charge is 0.265 e. The Balaban J connectivity index is 1.49. The van der Waals surface area contributed by atoms with Crippen LogP contribution in [0.2, 0.25) is 0 Å². The third-order valence-electron chi connectivity index (χ3n) is 6.89. The Morgan fingerprint density at radius 2 is 1.68 bits per heavy atom. The van der Waals surface area contributed by atoms with Gasteiger partial charge in [0.25, 0.3) is 10.0 Å². The molecule has 2 amide bonds. The highest BCUT2D eigenvalue weighted by Gasteiger charge is 2.35. The number of nitrogens with one attached hydrogen (secondary N) is 1. The molecule has 4 rings (SSSR count). The Bertz CT molecular complexity index is 1410. The molecule has 3 aromatic carbocycles. The van der Waals surface area contributed by atoms with Crippen molar-refractivity contribution < 1.29 is 18.0 Å². The lowest BCUT2D eigenvalue weighted by atomic mass is 10.1. The molecule has 1 atom stereocenters. The van der Waals surface area contributed by atoms with Crippen LogP contribution in [0.4, 0.5) is 5.69 Å². The van der Waals surface area contributed by atoms with Gasteiger partial charge in [-0.1, -0.05) is 62.4 Å². The molecule has 1 heterocycles. The van der Waals surface area contributed by atoms with E-state index < -0.39 is 16.1 Å². The number of benzene rings is 3. The third-order valence-corrected chi connectivity index (χ3v) is 8.74. The molecule has 1 unspecified atom stereocenters. The number of rotatable bonds is 10. The zero-order valence-corrected chi connectivity index (χ0v) is 22.7. The summed E-state index contributed by atoms with van der Waals surface area (Å²) in [6.07, 6.45) is 0.471. The van der Waals surface area contributed by atoms with E-state index in [1.165, 1.54) is 4.31 Å². The molecule has 1 aliphatic heterocycles. The van der Waals surface area contributed by atoms with E-state index in [4.69, 9.17) is 0 Å². The molecule has 0 bridgehead atoms. The van der Waals surface area contributed by atoms with Gasteiger partial charge in [0.15, 0.2) is 0 Å². The molecule has 8 heteroatoms. The summed E-state index contributed by atoms with van der Waals surface area (Å²) < 4.78 is 27.9. The summed E-state index contributed by atoms with van der Waals surface area (Å²) >= 11 is 0. The average molecular weight is 522 g/mol. The summed E-state index contributed by atoms with van der Waals surface area (Å²) in [6.45, 7) is 8.81. The normalized spacial score (nSPS) is 14.7. The number of anilines is 1. The van der Waals surface area contributed by atoms with Crippen LogP contribution in [0.1, 0.15) is 44.7 Å². The summed E-state index contributed by atoms with van der Waals surface area (Å²) in [5.41, 5.74) is 2.67. The van der Waals surface area contributed by atoms with Crippen molar-refractivity contribution in [2.75, 3.05) is 17.4 Å². The van der Waals surface area contributed by atoms with E-state index in [0.29, 0.717) is 36.0 Å². The number of nitrogens with zero attached hydrogens (tertiary/aromatic N) is 2. The third kappa shape index (κ3) is 5.49. The second-order valence-corrected chi connectivity index (χ2v) is 11.9. The molecular weight excluding hydrogens is 486 g/mol. The fourth-order valence-corrected chi connectivity index (χ4v) is 6.47. The quantitative estimate of drug-likeness (QED) is 0.422. The van der Waals surface area contributed by atoms with Crippen molar-refractivity contribution in [1.82, 2.24) is 10.2 Å². The Kier molecular flexibility index (Phi) is 7.87. The molecular formula is C29H35N3O4S. The van der Waals surface area contributed by atoms with E-state index >= 15 is 0 Å². The van der Waals surface area contributed by atoms with E-state index in [1.807, 2.05) is 69.3 Å². The number of hydrogen-bond acceptors (Lipinski definition) is 4. The zero-order chi connectivity index (χ0) is 26.7. The van der Waals surface area contributed by atoms with Gasteiger partial charge in [-0.25, -0.2) is 8.42 Å². The van der Waals surface area contributed by atoms with E-state index in [0.717, 1.165) is 21.9 Å². The number of aryl methyl sites for hydroxylation is 1.